The predicted octanol–water partition coefficient (Wildman–Crippen LogP) is 3.54. The first kappa shape index (κ1) is 16.5. The van der Waals surface area contributed by atoms with Gasteiger partial charge in [-0.3, -0.25) is 0 Å². The number of aliphatic hydroxyl groups excluding tert-OH is 1. The molecule has 3 rings (SSSR count). The molecule has 0 fully saturated rings. The van der Waals surface area contributed by atoms with Crippen molar-refractivity contribution in [3.63, 3.8) is 0 Å². The van der Waals surface area contributed by atoms with Crippen molar-refractivity contribution in [2.75, 3.05) is 19.8 Å². The molecule has 0 unspecified atom stereocenters. The standard InChI is InChI=1S/C20H23NO3/c1-20(2,13-22)12-21-19(23)24-11-18-16-9-5-3-7-14(16)15-8-4-6-10-17(15)18/h3-10,18,22H,11-13H2,1-2H3,(H,21,23). The van der Waals surface area contributed by atoms with Crippen LogP contribution in [0, 0.1) is 5.41 Å². The maximum atomic E-state index is 12.0. The molecule has 2 aromatic rings. The fourth-order valence-electron chi connectivity index (χ4n) is 3.02. The third-order valence-corrected chi connectivity index (χ3v) is 4.48. The average molecular weight is 325 g/mol. The number of hydrogen-bond donors (Lipinski definition) is 2. The molecule has 0 heterocycles. The van der Waals surface area contributed by atoms with Gasteiger partial charge in [-0.2, -0.15) is 0 Å². The van der Waals surface area contributed by atoms with Crippen molar-refractivity contribution >= 4 is 6.09 Å². The van der Waals surface area contributed by atoms with Crippen LogP contribution in [0.2, 0.25) is 0 Å². The van der Waals surface area contributed by atoms with Crippen LogP contribution >= 0.6 is 0 Å². The fraction of sp³-hybridized carbons (Fsp3) is 0.350. The van der Waals surface area contributed by atoms with Crippen molar-refractivity contribution in [1.29, 1.82) is 0 Å². The molecule has 0 saturated carbocycles. The number of carbonyl (C=O) groups excluding carboxylic acids is 1. The van der Waals surface area contributed by atoms with Gasteiger partial charge in [0.05, 0.1) is 0 Å². The Bertz CT molecular complexity index is 694. The SMILES string of the molecule is CC(C)(CO)CNC(=O)OCC1c2ccccc2-c2ccccc21. The molecule has 0 bridgehead atoms. The maximum absolute atomic E-state index is 12.0. The number of nitrogens with one attached hydrogen (secondary N) is 1. The van der Waals surface area contributed by atoms with Gasteiger partial charge in [-0.05, 0) is 22.3 Å². The third-order valence-electron chi connectivity index (χ3n) is 4.48. The molecule has 4 nitrogen and oxygen atoms in total. The summed E-state index contributed by atoms with van der Waals surface area (Å²) >= 11 is 0. The quantitative estimate of drug-likeness (QED) is 0.884. The maximum Gasteiger partial charge on any atom is 0.407 e. The molecule has 1 amide bonds. The molecule has 0 saturated heterocycles. The first-order valence-electron chi connectivity index (χ1n) is 8.21. The molecule has 0 spiro atoms. The summed E-state index contributed by atoms with van der Waals surface area (Å²) in [7, 11) is 0. The van der Waals surface area contributed by atoms with Crippen LogP contribution in [0.15, 0.2) is 48.5 Å². The van der Waals surface area contributed by atoms with Crippen LogP contribution in [-0.4, -0.2) is 31.0 Å². The Balaban J connectivity index is 1.69. The number of ether oxygens (including phenoxy) is 1. The fourth-order valence-corrected chi connectivity index (χ4v) is 3.02. The first-order chi connectivity index (χ1) is 11.5. The van der Waals surface area contributed by atoms with Crippen molar-refractivity contribution < 1.29 is 14.6 Å². The van der Waals surface area contributed by atoms with Gasteiger partial charge in [0.25, 0.3) is 0 Å². The van der Waals surface area contributed by atoms with Crippen LogP contribution in [0.1, 0.15) is 30.9 Å². The van der Waals surface area contributed by atoms with Gasteiger partial charge < -0.3 is 15.2 Å². The molecule has 2 N–H and O–H groups in total. The Kier molecular flexibility index (Phi) is 4.58. The molecule has 1 aliphatic rings. The molecule has 0 atom stereocenters. The zero-order chi connectivity index (χ0) is 17.2. The second-order valence-corrected chi connectivity index (χ2v) is 7.00. The van der Waals surface area contributed by atoms with Crippen LogP contribution in [0.5, 0.6) is 0 Å². The lowest BCUT2D eigenvalue weighted by atomic mass is 9.95. The molecule has 0 aromatic heterocycles. The van der Waals surface area contributed by atoms with E-state index in [1.54, 1.807) is 0 Å². The topological polar surface area (TPSA) is 58.6 Å². The van der Waals surface area contributed by atoms with Gasteiger partial charge in [-0.25, -0.2) is 4.79 Å². The lowest BCUT2D eigenvalue weighted by Crippen LogP contribution is -2.36. The van der Waals surface area contributed by atoms with E-state index >= 15 is 0 Å². The number of fused-ring (bicyclic) bond motifs is 3. The van der Waals surface area contributed by atoms with Crippen molar-refractivity contribution in [1.82, 2.24) is 5.32 Å². The van der Waals surface area contributed by atoms with Crippen molar-refractivity contribution in [2.45, 2.75) is 19.8 Å². The van der Waals surface area contributed by atoms with Gasteiger partial charge in [0.15, 0.2) is 0 Å². The third kappa shape index (κ3) is 3.29. The number of hydrogen-bond acceptors (Lipinski definition) is 3. The minimum atomic E-state index is -0.446. The van der Waals surface area contributed by atoms with Crippen molar-refractivity contribution in [2.24, 2.45) is 5.41 Å². The molecule has 1 aliphatic carbocycles. The summed E-state index contributed by atoms with van der Waals surface area (Å²) in [5.74, 6) is 0.0639. The minimum Gasteiger partial charge on any atom is -0.449 e. The van der Waals surface area contributed by atoms with Crippen molar-refractivity contribution in [3.05, 3.63) is 59.7 Å². The summed E-state index contributed by atoms with van der Waals surface area (Å²) in [6.45, 7) is 4.46. The average Bonchev–Trinajstić information content (AvgIpc) is 2.92. The highest BCUT2D eigenvalue weighted by Crippen LogP contribution is 2.44. The van der Waals surface area contributed by atoms with Crippen LogP contribution in [0.3, 0.4) is 0 Å². The van der Waals surface area contributed by atoms with E-state index in [-0.39, 0.29) is 17.9 Å². The van der Waals surface area contributed by atoms with Gasteiger partial charge >= 0.3 is 6.09 Å². The largest absolute Gasteiger partial charge is 0.449 e. The normalized spacial score (nSPS) is 13.3. The zero-order valence-corrected chi connectivity index (χ0v) is 14.1. The van der Waals surface area contributed by atoms with E-state index in [1.165, 1.54) is 22.3 Å². The van der Waals surface area contributed by atoms with E-state index in [0.717, 1.165) is 0 Å². The van der Waals surface area contributed by atoms with E-state index < -0.39 is 6.09 Å². The number of amides is 1. The Labute approximate surface area is 142 Å². The highest BCUT2D eigenvalue weighted by molar-refractivity contribution is 5.79. The highest BCUT2D eigenvalue weighted by atomic mass is 16.5. The van der Waals surface area contributed by atoms with Gasteiger partial charge in [0, 0.05) is 24.5 Å². The summed E-state index contributed by atoms with van der Waals surface area (Å²) in [6, 6.07) is 16.5. The summed E-state index contributed by atoms with van der Waals surface area (Å²) in [4.78, 5) is 12.0. The lowest BCUT2D eigenvalue weighted by Gasteiger charge is -2.22. The molecule has 24 heavy (non-hydrogen) atoms. The summed E-state index contributed by atoms with van der Waals surface area (Å²) in [5, 5.41) is 12.0. The summed E-state index contributed by atoms with van der Waals surface area (Å²) < 4.78 is 5.45. The molecule has 126 valence electrons. The van der Waals surface area contributed by atoms with Gasteiger partial charge in [-0.15, -0.1) is 0 Å². The summed E-state index contributed by atoms with van der Waals surface area (Å²) in [5.41, 5.74) is 4.46. The van der Waals surface area contributed by atoms with Gasteiger partial charge in [0.1, 0.15) is 6.61 Å². The molecule has 0 aliphatic heterocycles. The predicted molar refractivity (Wildman–Crippen MR) is 93.9 cm³/mol. The smallest absolute Gasteiger partial charge is 0.407 e. The van der Waals surface area contributed by atoms with Crippen LogP contribution < -0.4 is 5.32 Å². The van der Waals surface area contributed by atoms with Crippen LogP contribution in [0.25, 0.3) is 11.1 Å². The first-order valence-corrected chi connectivity index (χ1v) is 8.21. The number of rotatable bonds is 5. The number of carbonyl (C=O) groups is 1. The highest BCUT2D eigenvalue weighted by Gasteiger charge is 2.29. The van der Waals surface area contributed by atoms with Crippen LogP contribution in [0.4, 0.5) is 4.79 Å². The zero-order valence-electron chi connectivity index (χ0n) is 14.1. The Morgan fingerprint density at radius 3 is 2.17 bits per heavy atom. The van der Waals surface area contributed by atoms with Crippen molar-refractivity contribution in [3.8, 4) is 11.1 Å². The second kappa shape index (κ2) is 6.65. The monoisotopic (exact) mass is 325 g/mol. The lowest BCUT2D eigenvalue weighted by molar-refractivity contribution is 0.125. The Hall–Kier alpha value is -2.33. The Morgan fingerprint density at radius 2 is 1.62 bits per heavy atom. The van der Waals surface area contributed by atoms with E-state index in [1.807, 2.05) is 38.1 Å². The number of benzene rings is 2. The molecule has 2 aromatic carbocycles. The van der Waals surface area contributed by atoms with E-state index in [0.29, 0.717) is 13.2 Å². The Morgan fingerprint density at radius 1 is 1.08 bits per heavy atom. The molecule has 4 heteroatoms. The molecule has 0 radical (unpaired) electrons. The van der Waals surface area contributed by atoms with E-state index in [4.69, 9.17) is 4.74 Å². The summed E-state index contributed by atoms with van der Waals surface area (Å²) in [6.07, 6.45) is -0.446. The van der Waals surface area contributed by atoms with E-state index in [2.05, 4.69) is 29.6 Å². The van der Waals surface area contributed by atoms with Gasteiger partial charge in [0.2, 0.25) is 0 Å². The van der Waals surface area contributed by atoms with Crippen LogP contribution in [-0.2, 0) is 4.74 Å². The molecular weight excluding hydrogens is 302 g/mol. The van der Waals surface area contributed by atoms with Gasteiger partial charge in [-0.1, -0.05) is 62.4 Å². The van der Waals surface area contributed by atoms with E-state index in [9.17, 15) is 9.90 Å². The number of alkyl carbamates (subject to hydrolysis) is 1. The minimum absolute atomic E-state index is 0.0106. The second-order valence-electron chi connectivity index (χ2n) is 7.00. The number of aliphatic hydroxyl groups is 1. The molecular formula is C20H23NO3.